The second-order valence-corrected chi connectivity index (χ2v) is 6.42. The van der Waals surface area contributed by atoms with Crippen LogP contribution in [0.3, 0.4) is 0 Å². The van der Waals surface area contributed by atoms with E-state index in [2.05, 4.69) is 5.32 Å². The van der Waals surface area contributed by atoms with Crippen LogP contribution in [0.1, 0.15) is 33.7 Å². The smallest absolute Gasteiger partial charge is 0.271 e. The molecule has 2 aromatic rings. The summed E-state index contributed by atoms with van der Waals surface area (Å²) >= 11 is 0. The molecule has 0 radical (unpaired) electrons. The summed E-state index contributed by atoms with van der Waals surface area (Å²) in [6, 6.07) is 11.5. The maximum absolute atomic E-state index is 12.7. The topological polar surface area (TPSA) is 63.6 Å². The lowest BCUT2D eigenvalue weighted by molar-refractivity contribution is 0.0747. The Morgan fingerprint density at radius 1 is 1.12 bits per heavy atom. The SMILES string of the molecule is Cn1ccc2c1C(=O)N(CCCNCCOc1ccccc1)CCC2=O. The highest BCUT2D eigenvalue weighted by atomic mass is 16.5. The quantitative estimate of drug-likeness (QED) is 0.737. The van der Waals surface area contributed by atoms with Gasteiger partial charge < -0.3 is 19.5 Å². The zero-order chi connectivity index (χ0) is 18.4. The summed E-state index contributed by atoms with van der Waals surface area (Å²) < 4.78 is 7.37. The number of amides is 1. The van der Waals surface area contributed by atoms with Crippen LogP contribution >= 0.6 is 0 Å². The van der Waals surface area contributed by atoms with Crippen LogP contribution in [0.4, 0.5) is 0 Å². The van der Waals surface area contributed by atoms with Gasteiger partial charge in [0.2, 0.25) is 0 Å². The van der Waals surface area contributed by atoms with Crippen molar-refractivity contribution in [2.75, 3.05) is 32.8 Å². The van der Waals surface area contributed by atoms with E-state index in [9.17, 15) is 9.59 Å². The van der Waals surface area contributed by atoms with Crippen molar-refractivity contribution in [3.05, 3.63) is 53.9 Å². The molecule has 0 fully saturated rings. The van der Waals surface area contributed by atoms with Crippen molar-refractivity contribution in [2.24, 2.45) is 7.05 Å². The number of hydrogen-bond donors (Lipinski definition) is 1. The number of rotatable bonds is 8. The summed E-state index contributed by atoms with van der Waals surface area (Å²) in [7, 11) is 1.81. The lowest BCUT2D eigenvalue weighted by atomic mass is 10.1. The van der Waals surface area contributed by atoms with Gasteiger partial charge in [0.15, 0.2) is 5.78 Å². The molecular weight excluding hydrogens is 330 g/mol. The van der Waals surface area contributed by atoms with Crippen molar-refractivity contribution >= 4 is 11.7 Å². The van der Waals surface area contributed by atoms with Crippen LogP contribution in [0.15, 0.2) is 42.6 Å². The minimum absolute atomic E-state index is 0.0487. The van der Waals surface area contributed by atoms with E-state index < -0.39 is 0 Å². The Kier molecular flexibility index (Phi) is 6.07. The fourth-order valence-corrected chi connectivity index (χ4v) is 3.13. The largest absolute Gasteiger partial charge is 0.492 e. The maximum Gasteiger partial charge on any atom is 0.271 e. The second-order valence-electron chi connectivity index (χ2n) is 6.42. The summed E-state index contributed by atoms with van der Waals surface area (Å²) in [6.07, 6.45) is 3.00. The van der Waals surface area contributed by atoms with Gasteiger partial charge in [0.1, 0.15) is 18.1 Å². The van der Waals surface area contributed by atoms with E-state index in [-0.39, 0.29) is 11.7 Å². The normalized spacial score (nSPS) is 14.3. The van der Waals surface area contributed by atoms with Crippen LogP contribution in [0.5, 0.6) is 5.75 Å². The van der Waals surface area contributed by atoms with Crippen molar-refractivity contribution in [1.82, 2.24) is 14.8 Å². The molecule has 0 atom stereocenters. The van der Waals surface area contributed by atoms with Gasteiger partial charge in [0, 0.05) is 44.9 Å². The third-order valence-electron chi connectivity index (χ3n) is 4.54. The third-order valence-corrected chi connectivity index (χ3v) is 4.54. The first-order chi connectivity index (χ1) is 12.7. The molecule has 0 saturated carbocycles. The van der Waals surface area contributed by atoms with E-state index in [0.717, 1.165) is 25.3 Å². The third kappa shape index (κ3) is 4.32. The first-order valence-electron chi connectivity index (χ1n) is 9.03. The van der Waals surface area contributed by atoms with Gasteiger partial charge in [-0.2, -0.15) is 0 Å². The number of Topliss-reactive ketones (excluding diaryl/α,β-unsaturated/α-hetero) is 1. The Balaban J connectivity index is 1.39. The van der Waals surface area contributed by atoms with Gasteiger partial charge in [0.05, 0.1) is 0 Å². The molecule has 0 aliphatic carbocycles. The highest BCUT2D eigenvalue weighted by molar-refractivity contribution is 6.08. The molecular formula is C20H25N3O3. The molecule has 26 heavy (non-hydrogen) atoms. The van der Waals surface area contributed by atoms with Gasteiger partial charge in [-0.15, -0.1) is 0 Å². The Morgan fingerprint density at radius 3 is 2.73 bits per heavy atom. The van der Waals surface area contributed by atoms with Crippen molar-refractivity contribution in [3.63, 3.8) is 0 Å². The number of nitrogens with zero attached hydrogens (tertiary/aromatic N) is 2. The van der Waals surface area contributed by atoms with Gasteiger partial charge in [-0.25, -0.2) is 0 Å². The van der Waals surface area contributed by atoms with E-state index in [0.29, 0.717) is 37.4 Å². The lowest BCUT2D eigenvalue weighted by Gasteiger charge is -2.21. The number of nitrogens with one attached hydrogen (secondary N) is 1. The van der Waals surface area contributed by atoms with Crippen molar-refractivity contribution < 1.29 is 14.3 Å². The van der Waals surface area contributed by atoms with Gasteiger partial charge in [-0.1, -0.05) is 18.2 Å². The molecule has 1 aromatic heterocycles. The molecule has 1 aliphatic heterocycles. The fraction of sp³-hybridized carbons (Fsp3) is 0.400. The zero-order valence-corrected chi connectivity index (χ0v) is 15.1. The zero-order valence-electron chi connectivity index (χ0n) is 15.1. The summed E-state index contributed by atoms with van der Waals surface area (Å²) in [5.74, 6) is 0.867. The molecule has 2 heterocycles. The van der Waals surface area contributed by atoms with E-state index in [4.69, 9.17) is 4.74 Å². The average Bonchev–Trinajstić information content (AvgIpc) is 2.99. The predicted molar refractivity (Wildman–Crippen MR) is 99.7 cm³/mol. The van der Waals surface area contributed by atoms with Crippen LogP contribution < -0.4 is 10.1 Å². The molecule has 6 nitrogen and oxygen atoms in total. The number of carbonyl (C=O) groups is 2. The van der Waals surface area contributed by atoms with Gasteiger partial charge >= 0.3 is 0 Å². The monoisotopic (exact) mass is 355 g/mol. The molecule has 0 saturated heterocycles. The van der Waals surface area contributed by atoms with Crippen LogP contribution in [0.25, 0.3) is 0 Å². The summed E-state index contributed by atoms with van der Waals surface area (Å²) in [6.45, 7) is 3.29. The first kappa shape index (κ1) is 18.2. The molecule has 3 rings (SSSR count). The minimum Gasteiger partial charge on any atom is -0.492 e. The van der Waals surface area contributed by atoms with Crippen LogP contribution in [0, 0.1) is 0 Å². The number of carbonyl (C=O) groups excluding carboxylic acids is 2. The molecule has 0 bridgehead atoms. The Hall–Kier alpha value is -2.60. The Bertz CT molecular complexity index is 755. The van der Waals surface area contributed by atoms with Crippen molar-refractivity contribution in [2.45, 2.75) is 12.8 Å². The summed E-state index contributed by atoms with van der Waals surface area (Å²) in [5.41, 5.74) is 1.06. The molecule has 0 spiro atoms. The molecule has 1 aliphatic rings. The summed E-state index contributed by atoms with van der Waals surface area (Å²) in [4.78, 5) is 26.6. The first-order valence-corrected chi connectivity index (χ1v) is 9.03. The van der Waals surface area contributed by atoms with E-state index in [1.54, 1.807) is 21.7 Å². The fourth-order valence-electron chi connectivity index (χ4n) is 3.13. The molecule has 6 heteroatoms. The number of aryl methyl sites for hydroxylation is 1. The number of para-hydroxylation sites is 1. The molecule has 1 aromatic carbocycles. The van der Waals surface area contributed by atoms with E-state index in [1.807, 2.05) is 37.4 Å². The predicted octanol–water partition coefficient (Wildman–Crippen LogP) is 2.11. The molecule has 1 N–H and O–H groups in total. The number of fused-ring (bicyclic) bond motifs is 1. The molecule has 0 unspecified atom stereocenters. The summed E-state index contributed by atoms with van der Waals surface area (Å²) in [5, 5.41) is 3.32. The molecule has 138 valence electrons. The van der Waals surface area contributed by atoms with Crippen LogP contribution in [-0.2, 0) is 7.05 Å². The highest BCUT2D eigenvalue weighted by Gasteiger charge is 2.28. The van der Waals surface area contributed by atoms with E-state index >= 15 is 0 Å². The van der Waals surface area contributed by atoms with Gasteiger partial charge in [-0.3, -0.25) is 9.59 Å². The number of aromatic nitrogens is 1. The highest BCUT2D eigenvalue weighted by Crippen LogP contribution is 2.19. The number of ketones is 1. The van der Waals surface area contributed by atoms with Crippen LogP contribution in [-0.4, -0.2) is 53.9 Å². The number of hydrogen-bond acceptors (Lipinski definition) is 4. The van der Waals surface area contributed by atoms with Gasteiger partial charge in [-0.05, 0) is 31.2 Å². The van der Waals surface area contributed by atoms with Gasteiger partial charge in [0.25, 0.3) is 5.91 Å². The lowest BCUT2D eigenvalue weighted by Crippen LogP contribution is -2.35. The Labute approximate surface area is 153 Å². The average molecular weight is 355 g/mol. The van der Waals surface area contributed by atoms with Crippen LogP contribution in [0.2, 0.25) is 0 Å². The minimum atomic E-state index is -0.0502. The Morgan fingerprint density at radius 2 is 1.92 bits per heavy atom. The van der Waals surface area contributed by atoms with Crippen molar-refractivity contribution in [1.29, 1.82) is 0 Å². The van der Waals surface area contributed by atoms with Crippen molar-refractivity contribution in [3.8, 4) is 5.75 Å². The maximum atomic E-state index is 12.7. The second kappa shape index (κ2) is 8.67. The number of benzene rings is 1. The number of ether oxygens (including phenoxy) is 1. The van der Waals surface area contributed by atoms with E-state index in [1.165, 1.54) is 0 Å². The standard InChI is InChI=1S/C20H25N3O3/c1-22-13-8-17-18(24)9-14-23(20(25)19(17)22)12-5-10-21-11-15-26-16-6-3-2-4-7-16/h2-4,6-8,13,21H,5,9-12,14-15H2,1H3. The molecule has 1 amide bonds.